The van der Waals surface area contributed by atoms with Crippen molar-refractivity contribution in [3.63, 3.8) is 0 Å². The van der Waals surface area contributed by atoms with E-state index in [1.165, 1.54) is 0 Å². The quantitative estimate of drug-likeness (QED) is 0.584. The molecule has 0 aliphatic heterocycles. The van der Waals surface area contributed by atoms with Gasteiger partial charge in [-0.15, -0.1) is 4.86 Å². The minimum Gasteiger partial charge on any atom is -0.294 e. The van der Waals surface area contributed by atoms with E-state index in [0.717, 1.165) is 0 Å². The van der Waals surface area contributed by atoms with Crippen molar-refractivity contribution in [3.8, 4) is 0 Å². The summed E-state index contributed by atoms with van der Waals surface area (Å²) < 4.78 is 46.6. The van der Waals surface area contributed by atoms with E-state index in [9.17, 15) is 9.13 Å². The fraction of sp³-hybridized carbons (Fsp3) is 1.00. The van der Waals surface area contributed by atoms with E-state index >= 15 is 0 Å². The Morgan fingerprint density at radius 3 is 0.905 bits per heavy atom. The molecule has 0 aliphatic rings. The molecule has 0 saturated heterocycles. The molecule has 0 aromatic heterocycles. The summed E-state index contributed by atoms with van der Waals surface area (Å²) in [7, 11) is -7.66. The van der Waals surface area contributed by atoms with Crippen LogP contribution in [-0.4, -0.2) is 24.4 Å². The van der Waals surface area contributed by atoms with Gasteiger partial charge >= 0.3 is 15.5 Å². The average Bonchev–Trinajstić information content (AvgIpc) is 2.07. The van der Waals surface area contributed by atoms with Gasteiger partial charge in [-0.2, -0.15) is 0 Å². The fourth-order valence-electron chi connectivity index (χ4n) is 1.40. The molecule has 0 fully saturated rings. The molecule has 9 heteroatoms. The second kappa shape index (κ2) is 8.78. The Morgan fingerprint density at radius 2 is 0.762 bits per heavy atom. The number of hydrogen-bond donors (Lipinski definition) is 1. The molecule has 1 N–H and O–H groups in total. The van der Waals surface area contributed by atoms with Gasteiger partial charge in [-0.05, 0) is 55.4 Å². The van der Waals surface area contributed by atoms with Gasteiger partial charge in [-0.25, -0.2) is 9.13 Å². The van der Waals surface area contributed by atoms with Gasteiger partial charge in [0.05, 0.1) is 24.4 Å². The summed E-state index contributed by atoms with van der Waals surface area (Å²) in [4.78, 5) is 2.35. The van der Waals surface area contributed by atoms with Crippen LogP contribution in [0.5, 0.6) is 0 Å². The summed E-state index contributed by atoms with van der Waals surface area (Å²) in [5.41, 5.74) is 0. The highest BCUT2D eigenvalue weighted by atomic mass is 31.3. The molecular formula is C12H29NO6P2. The molecule has 0 saturated carbocycles. The summed E-state index contributed by atoms with van der Waals surface area (Å²) in [5.74, 6) is 0. The van der Waals surface area contributed by atoms with Gasteiger partial charge in [-0.1, -0.05) is 0 Å². The molecule has 0 aromatic carbocycles. The van der Waals surface area contributed by atoms with E-state index in [-0.39, 0.29) is 24.4 Å². The Kier molecular flexibility index (Phi) is 8.89. The van der Waals surface area contributed by atoms with Crippen LogP contribution in [0.25, 0.3) is 0 Å². The van der Waals surface area contributed by atoms with Crippen molar-refractivity contribution < 1.29 is 27.2 Å². The van der Waals surface area contributed by atoms with Crippen molar-refractivity contribution in [2.75, 3.05) is 0 Å². The fourth-order valence-corrected chi connectivity index (χ4v) is 5.68. The lowest BCUT2D eigenvalue weighted by atomic mass is 10.5. The van der Waals surface area contributed by atoms with E-state index in [2.05, 4.69) is 4.86 Å². The third kappa shape index (κ3) is 9.80. The summed E-state index contributed by atoms with van der Waals surface area (Å²) in [5, 5.41) is 0. The van der Waals surface area contributed by atoms with Crippen LogP contribution in [0.4, 0.5) is 0 Å². The topological polar surface area (TPSA) is 83.1 Å². The third-order valence-corrected chi connectivity index (χ3v) is 6.40. The summed E-state index contributed by atoms with van der Waals surface area (Å²) in [6, 6.07) is 0. The summed E-state index contributed by atoms with van der Waals surface area (Å²) >= 11 is 0. The summed E-state index contributed by atoms with van der Waals surface area (Å²) in [6.45, 7) is 13.6. The van der Waals surface area contributed by atoms with E-state index in [4.69, 9.17) is 18.1 Å². The molecule has 21 heavy (non-hydrogen) atoms. The lowest BCUT2D eigenvalue weighted by Crippen LogP contribution is -2.22. The molecule has 0 spiro atoms. The molecule has 7 nitrogen and oxygen atoms in total. The summed E-state index contributed by atoms with van der Waals surface area (Å²) in [6.07, 6.45) is -1.52. The van der Waals surface area contributed by atoms with Gasteiger partial charge in [0.15, 0.2) is 0 Å². The Bertz CT molecular complexity index is 333. The predicted molar refractivity (Wildman–Crippen MR) is 83.2 cm³/mol. The highest BCUT2D eigenvalue weighted by Gasteiger charge is 2.40. The highest BCUT2D eigenvalue weighted by molar-refractivity contribution is 7.67. The largest absolute Gasteiger partial charge is 0.415 e. The van der Waals surface area contributed by atoms with Crippen LogP contribution in [0.1, 0.15) is 55.4 Å². The number of rotatable bonds is 10. The van der Waals surface area contributed by atoms with Crippen molar-refractivity contribution in [3.05, 3.63) is 0 Å². The average molecular weight is 345 g/mol. The van der Waals surface area contributed by atoms with E-state index in [1.807, 2.05) is 0 Å². The third-order valence-electron chi connectivity index (χ3n) is 1.64. The second-order valence-electron chi connectivity index (χ2n) is 5.71. The molecule has 0 bridgehead atoms. The SMILES string of the molecule is CC(C)OP(=O)(NP(=O)(OC(C)C)OC(C)C)OC(C)C. The van der Waals surface area contributed by atoms with E-state index in [1.54, 1.807) is 55.4 Å². The van der Waals surface area contributed by atoms with Crippen LogP contribution in [0.15, 0.2) is 0 Å². The Balaban J connectivity index is 5.29. The molecule has 0 amide bonds. The van der Waals surface area contributed by atoms with Gasteiger partial charge in [0, 0.05) is 0 Å². The van der Waals surface area contributed by atoms with Crippen LogP contribution in [0, 0.1) is 0 Å². The standard InChI is InChI=1S/C12H29NO6P2/c1-9(2)16-20(14,17-10(3)4)13-21(15,18-11(5)6)19-12(7)8/h9-12H,1-8H3,(H,13,14,15). The maximum absolute atomic E-state index is 12.7. The molecule has 0 heterocycles. The smallest absolute Gasteiger partial charge is 0.294 e. The zero-order chi connectivity index (χ0) is 16.8. The molecule has 0 radical (unpaired) electrons. The van der Waals surface area contributed by atoms with Gasteiger partial charge in [0.25, 0.3) is 0 Å². The maximum Gasteiger partial charge on any atom is 0.415 e. The molecular weight excluding hydrogens is 316 g/mol. The van der Waals surface area contributed by atoms with Crippen LogP contribution in [0.3, 0.4) is 0 Å². The zero-order valence-corrected chi connectivity index (χ0v) is 15.9. The molecule has 0 atom stereocenters. The van der Waals surface area contributed by atoms with Crippen molar-refractivity contribution in [2.24, 2.45) is 0 Å². The van der Waals surface area contributed by atoms with Crippen LogP contribution < -0.4 is 4.86 Å². The first-order valence-electron chi connectivity index (χ1n) is 7.10. The minimum absolute atomic E-state index is 0.381. The number of hydrogen-bond acceptors (Lipinski definition) is 6. The molecule has 0 unspecified atom stereocenters. The van der Waals surface area contributed by atoms with E-state index < -0.39 is 15.5 Å². The van der Waals surface area contributed by atoms with Crippen molar-refractivity contribution in [1.29, 1.82) is 0 Å². The zero-order valence-electron chi connectivity index (χ0n) is 14.2. The first-order chi connectivity index (χ1) is 9.37. The monoisotopic (exact) mass is 345 g/mol. The van der Waals surface area contributed by atoms with Gasteiger partial charge in [0.2, 0.25) is 0 Å². The van der Waals surface area contributed by atoms with Crippen molar-refractivity contribution in [2.45, 2.75) is 79.8 Å². The van der Waals surface area contributed by atoms with Crippen molar-refractivity contribution >= 4 is 15.5 Å². The molecule has 0 aromatic rings. The van der Waals surface area contributed by atoms with E-state index in [0.29, 0.717) is 0 Å². The van der Waals surface area contributed by atoms with Crippen LogP contribution >= 0.6 is 15.5 Å². The van der Waals surface area contributed by atoms with Gasteiger partial charge in [-0.3, -0.25) is 18.1 Å². The molecule has 0 aliphatic carbocycles. The lowest BCUT2D eigenvalue weighted by molar-refractivity contribution is 0.121. The van der Waals surface area contributed by atoms with Crippen LogP contribution in [0.2, 0.25) is 0 Å². The number of nitrogens with one attached hydrogen (secondary N) is 1. The molecule has 0 rings (SSSR count). The highest BCUT2D eigenvalue weighted by Crippen LogP contribution is 2.59. The van der Waals surface area contributed by atoms with Crippen LogP contribution in [-0.2, 0) is 27.2 Å². The Hall–Kier alpha value is 0.260. The maximum atomic E-state index is 12.7. The molecule has 128 valence electrons. The van der Waals surface area contributed by atoms with Gasteiger partial charge < -0.3 is 0 Å². The lowest BCUT2D eigenvalue weighted by Gasteiger charge is -2.28. The second-order valence-corrected chi connectivity index (χ2v) is 9.34. The minimum atomic E-state index is -3.83. The Labute approximate surface area is 128 Å². The predicted octanol–water partition coefficient (Wildman–Crippen LogP) is 4.49. The van der Waals surface area contributed by atoms with Crippen molar-refractivity contribution in [1.82, 2.24) is 4.86 Å². The Morgan fingerprint density at radius 1 is 0.571 bits per heavy atom. The van der Waals surface area contributed by atoms with Gasteiger partial charge in [0.1, 0.15) is 0 Å². The normalized spacial score (nSPS) is 13.9. The first-order valence-corrected chi connectivity index (χ1v) is 10.2. The first kappa shape index (κ1) is 21.3.